The smallest absolute Gasteiger partial charge is 0.206 e. The summed E-state index contributed by atoms with van der Waals surface area (Å²) in [5, 5.41) is 8.70. The number of benzene rings is 1. The Balaban J connectivity index is 2.15. The molecule has 19 heavy (non-hydrogen) atoms. The zero-order valence-electron chi connectivity index (χ0n) is 9.63. The predicted molar refractivity (Wildman–Crippen MR) is 77.2 cm³/mol. The van der Waals surface area contributed by atoms with Gasteiger partial charge in [-0.25, -0.2) is 13.1 Å². The standard InChI is InChI=1S/C12H9BrN2O2S2/c13-11-4-2-1-3-9(11)8-15-19(16,17)12-6-5-10(7-14)18-12/h1-6,15H,8H2. The van der Waals surface area contributed by atoms with Crippen LogP contribution in [-0.2, 0) is 16.6 Å². The van der Waals surface area contributed by atoms with Crippen LogP contribution in [0, 0.1) is 11.3 Å². The molecule has 2 rings (SSSR count). The van der Waals surface area contributed by atoms with Gasteiger partial charge in [-0.2, -0.15) is 5.26 Å². The van der Waals surface area contributed by atoms with E-state index in [0.717, 1.165) is 21.4 Å². The summed E-state index contributed by atoms with van der Waals surface area (Å²) < 4.78 is 27.6. The van der Waals surface area contributed by atoms with Gasteiger partial charge >= 0.3 is 0 Å². The maximum Gasteiger partial charge on any atom is 0.250 e. The fourth-order valence-corrected chi connectivity index (χ4v) is 3.99. The maximum absolute atomic E-state index is 12.0. The van der Waals surface area contributed by atoms with Crippen molar-refractivity contribution in [1.82, 2.24) is 4.72 Å². The number of nitriles is 1. The fraction of sp³-hybridized carbons (Fsp3) is 0.0833. The van der Waals surface area contributed by atoms with Crippen molar-refractivity contribution in [3.05, 3.63) is 51.3 Å². The molecule has 0 atom stereocenters. The number of thiophene rings is 1. The van der Waals surface area contributed by atoms with Crippen LogP contribution in [-0.4, -0.2) is 8.42 Å². The van der Waals surface area contributed by atoms with Crippen molar-refractivity contribution in [2.45, 2.75) is 10.8 Å². The highest BCUT2D eigenvalue weighted by Gasteiger charge is 2.16. The molecule has 0 aliphatic heterocycles. The van der Waals surface area contributed by atoms with E-state index in [2.05, 4.69) is 20.7 Å². The lowest BCUT2D eigenvalue weighted by Crippen LogP contribution is -2.22. The van der Waals surface area contributed by atoms with Crippen LogP contribution < -0.4 is 4.72 Å². The third-order valence-corrected chi connectivity index (χ3v) is 6.02. The van der Waals surface area contributed by atoms with E-state index >= 15 is 0 Å². The van der Waals surface area contributed by atoms with Gasteiger partial charge in [0.05, 0.1) is 0 Å². The van der Waals surface area contributed by atoms with Crippen LogP contribution in [0.5, 0.6) is 0 Å². The van der Waals surface area contributed by atoms with Gasteiger partial charge in [-0.3, -0.25) is 0 Å². The normalized spacial score (nSPS) is 11.2. The summed E-state index contributed by atoms with van der Waals surface area (Å²) in [6, 6.07) is 12.2. The van der Waals surface area contributed by atoms with Gasteiger partial charge in [-0.05, 0) is 23.8 Å². The van der Waals surface area contributed by atoms with Gasteiger partial charge in [0.2, 0.25) is 10.0 Å². The van der Waals surface area contributed by atoms with Crippen molar-refractivity contribution in [2.75, 3.05) is 0 Å². The molecule has 0 saturated heterocycles. The summed E-state index contributed by atoms with van der Waals surface area (Å²) in [4.78, 5) is 0.376. The first kappa shape index (κ1) is 14.2. The summed E-state index contributed by atoms with van der Waals surface area (Å²) in [5.74, 6) is 0. The Morgan fingerprint density at radius 2 is 2.00 bits per heavy atom. The highest BCUT2D eigenvalue weighted by molar-refractivity contribution is 9.10. The van der Waals surface area contributed by atoms with E-state index in [0.29, 0.717) is 4.88 Å². The molecule has 0 bridgehead atoms. The van der Waals surface area contributed by atoms with Crippen molar-refractivity contribution in [3.8, 4) is 6.07 Å². The first-order valence-electron chi connectivity index (χ1n) is 5.26. The molecule has 0 aliphatic carbocycles. The van der Waals surface area contributed by atoms with Crippen LogP contribution in [0.4, 0.5) is 0 Å². The minimum Gasteiger partial charge on any atom is -0.206 e. The van der Waals surface area contributed by atoms with E-state index in [-0.39, 0.29) is 10.8 Å². The monoisotopic (exact) mass is 356 g/mol. The minimum absolute atomic E-state index is 0.149. The molecule has 4 nitrogen and oxygen atoms in total. The number of rotatable bonds is 4. The molecule has 7 heteroatoms. The quantitative estimate of drug-likeness (QED) is 0.915. The topological polar surface area (TPSA) is 70.0 Å². The molecule has 98 valence electrons. The Kier molecular flexibility index (Phi) is 4.37. The molecule has 0 fully saturated rings. The molecule has 1 N–H and O–H groups in total. The summed E-state index contributed by atoms with van der Waals surface area (Å²) in [6.07, 6.45) is 0. The number of hydrogen-bond donors (Lipinski definition) is 1. The number of nitrogens with zero attached hydrogens (tertiary/aromatic N) is 1. The van der Waals surface area contributed by atoms with Crippen molar-refractivity contribution in [2.24, 2.45) is 0 Å². The largest absolute Gasteiger partial charge is 0.250 e. The molecule has 0 saturated carbocycles. The first-order valence-corrected chi connectivity index (χ1v) is 8.35. The van der Waals surface area contributed by atoms with Crippen molar-refractivity contribution < 1.29 is 8.42 Å². The highest BCUT2D eigenvalue weighted by atomic mass is 79.9. The second-order valence-electron chi connectivity index (χ2n) is 3.65. The summed E-state index contributed by atoms with van der Waals surface area (Å²) in [7, 11) is -3.57. The molecule has 1 aromatic carbocycles. The Morgan fingerprint density at radius 1 is 1.26 bits per heavy atom. The highest BCUT2D eigenvalue weighted by Crippen LogP contribution is 2.21. The molecule has 1 aromatic heterocycles. The Morgan fingerprint density at radius 3 is 2.63 bits per heavy atom. The van der Waals surface area contributed by atoms with Crippen LogP contribution in [0.1, 0.15) is 10.4 Å². The fourth-order valence-electron chi connectivity index (χ4n) is 1.41. The zero-order chi connectivity index (χ0) is 13.9. The van der Waals surface area contributed by atoms with E-state index in [4.69, 9.17) is 5.26 Å². The SMILES string of the molecule is N#Cc1ccc(S(=O)(=O)NCc2ccccc2Br)s1. The molecule has 0 aliphatic rings. The van der Waals surface area contributed by atoms with E-state index in [1.165, 1.54) is 12.1 Å². The van der Waals surface area contributed by atoms with Gasteiger partial charge in [0.25, 0.3) is 0 Å². The second kappa shape index (κ2) is 5.84. The lowest BCUT2D eigenvalue weighted by molar-refractivity contribution is 0.583. The number of nitrogens with one attached hydrogen (secondary N) is 1. The maximum atomic E-state index is 12.0. The van der Waals surface area contributed by atoms with E-state index in [1.54, 1.807) is 0 Å². The summed E-state index contributed by atoms with van der Waals surface area (Å²) in [6.45, 7) is 0.198. The predicted octanol–water partition coefficient (Wildman–Crippen LogP) is 2.86. The van der Waals surface area contributed by atoms with Crippen LogP contribution in [0.3, 0.4) is 0 Å². The zero-order valence-corrected chi connectivity index (χ0v) is 12.8. The van der Waals surface area contributed by atoms with E-state index in [9.17, 15) is 8.42 Å². The number of hydrogen-bond acceptors (Lipinski definition) is 4. The number of sulfonamides is 1. The van der Waals surface area contributed by atoms with Crippen LogP contribution in [0.15, 0.2) is 45.1 Å². The van der Waals surface area contributed by atoms with E-state index in [1.807, 2.05) is 30.3 Å². The average molecular weight is 357 g/mol. The lowest BCUT2D eigenvalue weighted by atomic mass is 10.2. The second-order valence-corrected chi connectivity index (χ2v) is 7.58. The number of halogens is 1. The van der Waals surface area contributed by atoms with Gasteiger partial charge in [-0.15, -0.1) is 11.3 Å². The Labute approximate surface area is 123 Å². The molecular weight excluding hydrogens is 348 g/mol. The molecular formula is C12H9BrN2O2S2. The van der Waals surface area contributed by atoms with Gasteiger partial charge in [0.15, 0.2) is 0 Å². The van der Waals surface area contributed by atoms with Gasteiger partial charge < -0.3 is 0 Å². The van der Waals surface area contributed by atoms with Gasteiger partial charge in [0, 0.05) is 11.0 Å². The molecule has 0 radical (unpaired) electrons. The van der Waals surface area contributed by atoms with Gasteiger partial charge in [0.1, 0.15) is 15.2 Å². The minimum atomic E-state index is -3.57. The first-order chi connectivity index (χ1) is 9.03. The van der Waals surface area contributed by atoms with Crippen molar-refractivity contribution in [1.29, 1.82) is 5.26 Å². The third kappa shape index (κ3) is 3.42. The van der Waals surface area contributed by atoms with Crippen molar-refractivity contribution >= 4 is 37.3 Å². The average Bonchev–Trinajstić information content (AvgIpc) is 2.87. The molecule has 1 heterocycles. The summed E-state index contributed by atoms with van der Waals surface area (Å²) in [5.41, 5.74) is 0.850. The van der Waals surface area contributed by atoms with Crippen LogP contribution in [0.25, 0.3) is 0 Å². The molecule has 2 aromatic rings. The molecule has 0 amide bonds. The van der Waals surface area contributed by atoms with E-state index < -0.39 is 10.0 Å². The molecule has 0 spiro atoms. The van der Waals surface area contributed by atoms with Gasteiger partial charge in [-0.1, -0.05) is 34.1 Å². The summed E-state index contributed by atoms with van der Waals surface area (Å²) >= 11 is 4.32. The molecule has 0 unspecified atom stereocenters. The Hall–Kier alpha value is -1.20. The van der Waals surface area contributed by atoms with Crippen molar-refractivity contribution in [3.63, 3.8) is 0 Å². The third-order valence-electron chi connectivity index (χ3n) is 2.37. The van der Waals surface area contributed by atoms with Crippen LogP contribution in [0.2, 0.25) is 0 Å². The van der Waals surface area contributed by atoms with Crippen LogP contribution >= 0.6 is 27.3 Å². The lowest BCUT2D eigenvalue weighted by Gasteiger charge is -2.06. The Bertz CT molecular complexity index is 732.